The van der Waals surface area contributed by atoms with E-state index in [-0.39, 0.29) is 18.1 Å². The van der Waals surface area contributed by atoms with Crippen LogP contribution >= 0.6 is 0 Å². The molecule has 0 bridgehead atoms. The van der Waals surface area contributed by atoms with Gasteiger partial charge in [0.1, 0.15) is 5.75 Å². The van der Waals surface area contributed by atoms with Crippen LogP contribution in [0.15, 0.2) is 30.3 Å². The molecule has 0 spiro atoms. The van der Waals surface area contributed by atoms with Crippen molar-refractivity contribution in [3.63, 3.8) is 0 Å². The second-order valence-corrected chi connectivity index (χ2v) is 6.08. The average molecular weight is 325 g/mol. The van der Waals surface area contributed by atoms with Gasteiger partial charge in [0.25, 0.3) is 0 Å². The van der Waals surface area contributed by atoms with Gasteiger partial charge in [0, 0.05) is 16.8 Å². The van der Waals surface area contributed by atoms with Gasteiger partial charge < -0.3 is 10.1 Å². The lowest BCUT2D eigenvalue weighted by atomic mass is 10.0. The van der Waals surface area contributed by atoms with Crippen LogP contribution in [0.4, 0.5) is 5.69 Å². The van der Waals surface area contributed by atoms with Gasteiger partial charge in [-0.05, 0) is 57.0 Å². The first-order valence-electron chi connectivity index (χ1n) is 7.87. The fraction of sp³-hybridized carbons (Fsp3) is 0.300. The monoisotopic (exact) mass is 325 g/mol. The molecule has 0 aliphatic carbocycles. The highest BCUT2D eigenvalue weighted by Gasteiger charge is 2.13. The van der Waals surface area contributed by atoms with E-state index in [9.17, 15) is 9.59 Å². The molecule has 4 heteroatoms. The van der Waals surface area contributed by atoms with Gasteiger partial charge in [-0.15, -0.1) is 0 Å². The fourth-order valence-electron chi connectivity index (χ4n) is 2.87. The Bertz CT molecular complexity index is 770. The number of anilines is 1. The van der Waals surface area contributed by atoms with E-state index < -0.39 is 0 Å². The number of carbonyl (C=O) groups excluding carboxylic acids is 2. The summed E-state index contributed by atoms with van der Waals surface area (Å²) >= 11 is 0. The molecule has 1 amide bonds. The molecular weight excluding hydrogens is 302 g/mol. The molecule has 0 unspecified atom stereocenters. The summed E-state index contributed by atoms with van der Waals surface area (Å²) in [6.45, 7) is 7.49. The molecule has 0 aromatic heterocycles. The number of ketones is 1. The van der Waals surface area contributed by atoms with Crippen molar-refractivity contribution in [1.29, 1.82) is 0 Å². The van der Waals surface area contributed by atoms with Gasteiger partial charge in [-0.1, -0.05) is 17.7 Å². The van der Waals surface area contributed by atoms with Crippen LogP contribution in [-0.2, 0) is 11.2 Å². The summed E-state index contributed by atoms with van der Waals surface area (Å²) in [5.74, 6) is 0.432. The zero-order valence-corrected chi connectivity index (χ0v) is 14.8. The van der Waals surface area contributed by atoms with Crippen LogP contribution in [0.3, 0.4) is 0 Å². The number of hydrogen-bond acceptors (Lipinski definition) is 3. The number of Topliss-reactive ketones (excluding diaryl/α,β-unsaturated/α-hetero) is 1. The molecule has 4 nitrogen and oxygen atoms in total. The number of amides is 1. The molecule has 126 valence electrons. The van der Waals surface area contributed by atoms with E-state index in [1.54, 1.807) is 25.3 Å². The van der Waals surface area contributed by atoms with Gasteiger partial charge in [-0.25, -0.2) is 0 Å². The molecule has 0 radical (unpaired) electrons. The Balaban J connectivity index is 2.24. The normalized spacial score (nSPS) is 10.4. The molecule has 0 heterocycles. The van der Waals surface area contributed by atoms with E-state index in [0.717, 1.165) is 16.8 Å². The Morgan fingerprint density at radius 2 is 1.67 bits per heavy atom. The minimum atomic E-state index is -0.135. The number of aryl methyl sites for hydroxylation is 3. The lowest BCUT2D eigenvalue weighted by Crippen LogP contribution is -2.17. The molecule has 24 heavy (non-hydrogen) atoms. The molecule has 0 aliphatic heterocycles. The fourth-order valence-corrected chi connectivity index (χ4v) is 2.87. The molecular formula is C20H23NO3. The van der Waals surface area contributed by atoms with E-state index in [4.69, 9.17) is 4.74 Å². The summed E-state index contributed by atoms with van der Waals surface area (Å²) in [5, 5.41) is 2.97. The number of hydrogen-bond donors (Lipinski definition) is 1. The minimum Gasteiger partial charge on any atom is -0.496 e. The average Bonchev–Trinajstić information content (AvgIpc) is 2.50. The number of methoxy groups -OCH3 is 1. The highest BCUT2D eigenvalue weighted by molar-refractivity contribution is 5.96. The number of carbonyl (C=O) groups is 2. The topological polar surface area (TPSA) is 55.4 Å². The van der Waals surface area contributed by atoms with Crippen LogP contribution in [0.1, 0.15) is 39.5 Å². The predicted molar refractivity (Wildman–Crippen MR) is 96.0 cm³/mol. The molecule has 0 aliphatic rings. The van der Waals surface area contributed by atoms with Crippen LogP contribution in [0.5, 0.6) is 5.75 Å². The van der Waals surface area contributed by atoms with E-state index in [0.29, 0.717) is 16.9 Å². The summed E-state index contributed by atoms with van der Waals surface area (Å²) in [7, 11) is 1.55. The molecule has 1 N–H and O–H groups in total. The van der Waals surface area contributed by atoms with Crippen LogP contribution in [0.2, 0.25) is 0 Å². The SMILES string of the molecule is COc1ccc(C(C)=O)cc1CC(=O)Nc1c(C)cc(C)cc1C. The first-order chi connectivity index (χ1) is 11.3. The summed E-state index contributed by atoms with van der Waals surface area (Å²) in [6, 6.07) is 9.23. The van der Waals surface area contributed by atoms with Gasteiger partial charge in [-0.3, -0.25) is 9.59 Å². The van der Waals surface area contributed by atoms with Gasteiger partial charge in [0.05, 0.1) is 13.5 Å². The molecule has 2 aromatic rings. The summed E-state index contributed by atoms with van der Waals surface area (Å²) < 4.78 is 5.30. The molecule has 0 saturated carbocycles. The maximum Gasteiger partial charge on any atom is 0.228 e. The highest BCUT2D eigenvalue weighted by Crippen LogP contribution is 2.24. The second-order valence-electron chi connectivity index (χ2n) is 6.08. The molecule has 2 aromatic carbocycles. The molecule has 0 fully saturated rings. The number of benzene rings is 2. The van der Waals surface area contributed by atoms with Crippen molar-refractivity contribution in [2.45, 2.75) is 34.1 Å². The van der Waals surface area contributed by atoms with E-state index in [2.05, 4.69) is 5.32 Å². The third-order valence-corrected chi connectivity index (χ3v) is 3.98. The Morgan fingerprint density at radius 1 is 1.04 bits per heavy atom. The van der Waals surface area contributed by atoms with Crippen LogP contribution in [-0.4, -0.2) is 18.8 Å². The third-order valence-electron chi connectivity index (χ3n) is 3.98. The number of ether oxygens (including phenoxy) is 1. The Hall–Kier alpha value is -2.62. The van der Waals surface area contributed by atoms with Crippen LogP contribution in [0.25, 0.3) is 0 Å². The number of nitrogens with one attached hydrogen (secondary N) is 1. The standard InChI is InChI=1S/C20H23NO3/c1-12-8-13(2)20(14(3)9-12)21-19(23)11-17-10-16(15(4)22)6-7-18(17)24-5/h6-10H,11H2,1-5H3,(H,21,23). The van der Waals surface area contributed by atoms with E-state index in [1.165, 1.54) is 12.5 Å². The number of rotatable bonds is 5. The molecule has 2 rings (SSSR count). The lowest BCUT2D eigenvalue weighted by molar-refractivity contribution is -0.115. The summed E-state index contributed by atoms with van der Waals surface area (Å²) in [5.41, 5.74) is 5.34. The zero-order valence-electron chi connectivity index (χ0n) is 14.8. The Morgan fingerprint density at radius 3 is 2.21 bits per heavy atom. The van der Waals surface area contributed by atoms with Crippen molar-refractivity contribution in [2.75, 3.05) is 12.4 Å². The minimum absolute atomic E-state index is 0.0375. The van der Waals surface area contributed by atoms with Crippen molar-refractivity contribution in [1.82, 2.24) is 0 Å². The second kappa shape index (κ2) is 7.30. The van der Waals surface area contributed by atoms with E-state index >= 15 is 0 Å². The first kappa shape index (κ1) is 17.7. The summed E-state index contributed by atoms with van der Waals surface area (Å²) in [6.07, 6.45) is 0.150. The Kier molecular flexibility index (Phi) is 5.39. The van der Waals surface area contributed by atoms with Crippen molar-refractivity contribution >= 4 is 17.4 Å². The van der Waals surface area contributed by atoms with Crippen molar-refractivity contribution in [3.8, 4) is 5.75 Å². The van der Waals surface area contributed by atoms with Crippen molar-refractivity contribution in [3.05, 3.63) is 58.1 Å². The molecule has 0 saturated heterocycles. The summed E-state index contributed by atoms with van der Waals surface area (Å²) in [4.78, 5) is 24.0. The van der Waals surface area contributed by atoms with Gasteiger partial charge in [0.15, 0.2) is 5.78 Å². The van der Waals surface area contributed by atoms with Gasteiger partial charge in [0.2, 0.25) is 5.91 Å². The smallest absolute Gasteiger partial charge is 0.228 e. The van der Waals surface area contributed by atoms with E-state index in [1.807, 2.05) is 32.9 Å². The lowest BCUT2D eigenvalue weighted by Gasteiger charge is -2.14. The highest BCUT2D eigenvalue weighted by atomic mass is 16.5. The maximum absolute atomic E-state index is 12.5. The zero-order chi connectivity index (χ0) is 17.9. The predicted octanol–water partition coefficient (Wildman–Crippen LogP) is 4.00. The third kappa shape index (κ3) is 4.02. The maximum atomic E-state index is 12.5. The Labute approximate surface area is 142 Å². The largest absolute Gasteiger partial charge is 0.496 e. The first-order valence-corrected chi connectivity index (χ1v) is 7.87. The van der Waals surface area contributed by atoms with Crippen LogP contribution in [0, 0.1) is 20.8 Å². The van der Waals surface area contributed by atoms with Gasteiger partial charge >= 0.3 is 0 Å². The van der Waals surface area contributed by atoms with Crippen molar-refractivity contribution in [2.24, 2.45) is 0 Å². The quantitative estimate of drug-likeness (QED) is 0.845. The molecule has 0 atom stereocenters. The van der Waals surface area contributed by atoms with Crippen LogP contribution < -0.4 is 10.1 Å². The van der Waals surface area contributed by atoms with Gasteiger partial charge in [-0.2, -0.15) is 0 Å². The van der Waals surface area contributed by atoms with Crippen molar-refractivity contribution < 1.29 is 14.3 Å².